The standard InChI is InChI=1S/C24H32N2O4S/c1-16-13-18(3)23(14-17(16)2)19(4)25-24(27)20-7-6-12-26(15-20)31(28,29)22-10-8-21(30-5)9-11-22/h8-11,13-14,19-20H,6-7,12,15H2,1-5H3,(H,25,27). The first-order valence-corrected chi connectivity index (χ1v) is 12.1. The second-order valence-corrected chi connectivity index (χ2v) is 10.3. The molecule has 1 aliphatic rings. The van der Waals surface area contributed by atoms with Crippen LogP contribution in [0.15, 0.2) is 41.3 Å². The van der Waals surface area contributed by atoms with E-state index in [4.69, 9.17) is 4.74 Å². The van der Waals surface area contributed by atoms with Gasteiger partial charge in [-0.1, -0.05) is 12.1 Å². The highest BCUT2D eigenvalue weighted by Crippen LogP contribution is 2.27. The van der Waals surface area contributed by atoms with Gasteiger partial charge >= 0.3 is 0 Å². The SMILES string of the molecule is COc1ccc(S(=O)(=O)N2CCCC(C(=O)NC(C)c3cc(C)c(C)cc3C)C2)cc1. The summed E-state index contributed by atoms with van der Waals surface area (Å²) < 4.78 is 32.7. The fraction of sp³-hybridized carbons (Fsp3) is 0.458. The first-order chi connectivity index (χ1) is 14.6. The maximum absolute atomic E-state index is 13.1. The average Bonchev–Trinajstić information content (AvgIpc) is 2.76. The van der Waals surface area contributed by atoms with E-state index in [0.717, 1.165) is 11.1 Å². The molecule has 0 radical (unpaired) electrons. The number of hydrogen-bond acceptors (Lipinski definition) is 4. The third kappa shape index (κ3) is 5.10. The fourth-order valence-electron chi connectivity index (χ4n) is 4.13. The summed E-state index contributed by atoms with van der Waals surface area (Å²) >= 11 is 0. The Morgan fingerprint density at radius 1 is 1.10 bits per heavy atom. The highest BCUT2D eigenvalue weighted by molar-refractivity contribution is 7.89. The van der Waals surface area contributed by atoms with Crippen molar-refractivity contribution in [1.29, 1.82) is 0 Å². The normalized spacial score (nSPS) is 18.4. The molecule has 2 atom stereocenters. The first kappa shape index (κ1) is 23.3. The summed E-state index contributed by atoms with van der Waals surface area (Å²) in [7, 11) is -2.11. The van der Waals surface area contributed by atoms with E-state index in [1.165, 1.54) is 22.5 Å². The lowest BCUT2D eigenvalue weighted by Gasteiger charge is -2.32. The van der Waals surface area contributed by atoms with E-state index in [1.54, 1.807) is 24.3 Å². The molecule has 1 amide bonds. The van der Waals surface area contributed by atoms with Gasteiger partial charge in [-0.2, -0.15) is 4.31 Å². The number of hydrogen-bond donors (Lipinski definition) is 1. The van der Waals surface area contributed by atoms with Crippen LogP contribution in [0.1, 0.15) is 48.1 Å². The Morgan fingerprint density at radius 2 is 1.74 bits per heavy atom. The van der Waals surface area contributed by atoms with Crippen molar-refractivity contribution < 1.29 is 17.9 Å². The number of methoxy groups -OCH3 is 1. The summed E-state index contributed by atoms with van der Waals surface area (Å²) in [5, 5.41) is 3.10. The lowest BCUT2D eigenvalue weighted by molar-refractivity contribution is -0.126. The van der Waals surface area contributed by atoms with Crippen LogP contribution in [0.5, 0.6) is 5.75 Å². The minimum atomic E-state index is -3.65. The second kappa shape index (κ2) is 9.40. The number of nitrogens with one attached hydrogen (secondary N) is 1. The van der Waals surface area contributed by atoms with Crippen LogP contribution < -0.4 is 10.1 Å². The zero-order chi connectivity index (χ0) is 22.8. The van der Waals surface area contributed by atoms with Gasteiger partial charge in [0.25, 0.3) is 0 Å². The maximum Gasteiger partial charge on any atom is 0.243 e. The van der Waals surface area contributed by atoms with Crippen LogP contribution in [0, 0.1) is 26.7 Å². The van der Waals surface area contributed by atoms with Crippen LogP contribution in [0.25, 0.3) is 0 Å². The summed E-state index contributed by atoms with van der Waals surface area (Å²) in [6.45, 7) is 8.78. The van der Waals surface area contributed by atoms with Gasteiger partial charge in [0, 0.05) is 13.1 Å². The van der Waals surface area contributed by atoms with Crippen molar-refractivity contribution in [3.63, 3.8) is 0 Å². The minimum absolute atomic E-state index is 0.0974. The molecule has 2 unspecified atom stereocenters. The van der Waals surface area contributed by atoms with Crippen molar-refractivity contribution in [2.24, 2.45) is 5.92 Å². The zero-order valence-electron chi connectivity index (χ0n) is 18.9. The molecule has 7 heteroatoms. The van der Waals surface area contributed by atoms with Crippen LogP contribution in [-0.2, 0) is 14.8 Å². The van der Waals surface area contributed by atoms with Gasteiger partial charge in [0.05, 0.1) is 24.0 Å². The predicted molar refractivity (Wildman–Crippen MR) is 122 cm³/mol. The Balaban J connectivity index is 1.71. The van der Waals surface area contributed by atoms with Crippen molar-refractivity contribution in [3.05, 3.63) is 58.7 Å². The number of rotatable bonds is 6. The third-order valence-electron chi connectivity index (χ3n) is 6.16. The van der Waals surface area contributed by atoms with Crippen LogP contribution in [0.2, 0.25) is 0 Å². The van der Waals surface area contributed by atoms with E-state index in [0.29, 0.717) is 25.1 Å². The Labute approximate surface area is 185 Å². The molecule has 168 valence electrons. The van der Waals surface area contributed by atoms with Gasteiger partial charge in [-0.15, -0.1) is 0 Å². The topological polar surface area (TPSA) is 75.7 Å². The van der Waals surface area contributed by atoms with Gasteiger partial charge in [-0.05, 0) is 87.1 Å². The molecule has 6 nitrogen and oxygen atoms in total. The van der Waals surface area contributed by atoms with Gasteiger partial charge in [0.2, 0.25) is 15.9 Å². The van der Waals surface area contributed by atoms with Crippen LogP contribution in [-0.4, -0.2) is 38.8 Å². The number of carbonyl (C=O) groups excluding carboxylic acids is 1. The van der Waals surface area contributed by atoms with Gasteiger partial charge in [-0.3, -0.25) is 4.79 Å². The average molecular weight is 445 g/mol. The predicted octanol–water partition coefficient (Wildman–Crippen LogP) is 3.90. The Hall–Kier alpha value is -2.38. The molecule has 1 saturated heterocycles. The van der Waals surface area contributed by atoms with Gasteiger partial charge in [0.15, 0.2) is 0 Å². The smallest absolute Gasteiger partial charge is 0.243 e. The molecular weight excluding hydrogens is 412 g/mol. The number of carbonyl (C=O) groups is 1. The minimum Gasteiger partial charge on any atom is -0.497 e. The number of benzene rings is 2. The molecule has 0 spiro atoms. The molecule has 0 aliphatic carbocycles. The van der Waals surface area contributed by atoms with Crippen LogP contribution in [0.3, 0.4) is 0 Å². The van der Waals surface area contributed by atoms with E-state index in [2.05, 4.69) is 31.3 Å². The molecule has 1 aliphatic heterocycles. The quantitative estimate of drug-likeness (QED) is 0.733. The van der Waals surface area contributed by atoms with Crippen molar-refractivity contribution in [3.8, 4) is 5.75 Å². The number of sulfonamides is 1. The largest absolute Gasteiger partial charge is 0.497 e. The van der Waals surface area contributed by atoms with Gasteiger partial charge in [-0.25, -0.2) is 8.42 Å². The van der Waals surface area contributed by atoms with E-state index in [-0.39, 0.29) is 29.3 Å². The van der Waals surface area contributed by atoms with E-state index >= 15 is 0 Å². The Kier molecular flexibility index (Phi) is 7.06. The monoisotopic (exact) mass is 444 g/mol. The summed E-state index contributed by atoms with van der Waals surface area (Å²) in [5.41, 5.74) is 4.65. The lowest BCUT2D eigenvalue weighted by Crippen LogP contribution is -2.45. The van der Waals surface area contributed by atoms with Gasteiger partial charge in [0.1, 0.15) is 5.75 Å². The number of nitrogens with zero attached hydrogens (tertiary/aromatic N) is 1. The first-order valence-electron chi connectivity index (χ1n) is 10.7. The number of aryl methyl sites for hydroxylation is 3. The maximum atomic E-state index is 13.1. The number of amides is 1. The summed E-state index contributed by atoms with van der Waals surface area (Å²) in [6, 6.07) is 10.5. The molecule has 1 fully saturated rings. The Bertz CT molecular complexity index is 1050. The van der Waals surface area contributed by atoms with Crippen LogP contribution >= 0.6 is 0 Å². The summed E-state index contributed by atoms with van der Waals surface area (Å²) in [6.07, 6.45) is 1.34. The van der Waals surface area contributed by atoms with Crippen molar-refractivity contribution in [1.82, 2.24) is 9.62 Å². The zero-order valence-corrected chi connectivity index (χ0v) is 19.8. The molecule has 0 aromatic heterocycles. The van der Waals surface area contributed by atoms with Crippen molar-refractivity contribution in [2.75, 3.05) is 20.2 Å². The molecule has 2 aromatic rings. The molecule has 1 heterocycles. The molecule has 3 rings (SSSR count). The summed E-state index contributed by atoms with van der Waals surface area (Å²) in [4.78, 5) is 13.2. The lowest BCUT2D eigenvalue weighted by atomic mass is 9.95. The number of piperidine rings is 1. The third-order valence-corrected chi connectivity index (χ3v) is 8.04. The van der Waals surface area contributed by atoms with E-state index in [9.17, 15) is 13.2 Å². The number of ether oxygens (including phenoxy) is 1. The van der Waals surface area contributed by atoms with Crippen LogP contribution in [0.4, 0.5) is 0 Å². The fourth-order valence-corrected chi connectivity index (χ4v) is 5.65. The molecule has 0 saturated carbocycles. The highest BCUT2D eigenvalue weighted by Gasteiger charge is 2.33. The molecule has 2 aromatic carbocycles. The van der Waals surface area contributed by atoms with Crippen molar-refractivity contribution >= 4 is 15.9 Å². The molecule has 31 heavy (non-hydrogen) atoms. The Morgan fingerprint density at radius 3 is 2.39 bits per heavy atom. The van der Waals surface area contributed by atoms with Crippen molar-refractivity contribution in [2.45, 2.75) is 51.5 Å². The highest BCUT2D eigenvalue weighted by atomic mass is 32.2. The molecule has 1 N–H and O–H groups in total. The molecule has 0 bridgehead atoms. The molecular formula is C24H32N2O4S. The summed E-state index contributed by atoms with van der Waals surface area (Å²) in [5.74, 6) is 0.140. The second-order valence-electron chi connectivity index (χ2n) is 8.40. The van der Waals surface area contributed by atoms with E-state index in [1.807, 2.05) is 13.8 Å². The van der Waals surface area contributed by atoms with E-state index < -0.39 is 10.0 Å². The van der Waals surface area contributed by atoms with Gasteiger partial charge < -0.3 is 10.1 Å².